The first kappa shape index (κ1) is 19.9. The van der Waals surface area contributed by atoms with Gasteiger partial charge in [-0.2, -0.15) is 4.31 Å². The Balaban J connectivity index is 1.81. The molecular weight excluding hydrogens is 386 g/mol. The largest absolute Gasteiger partial charge is 0.497 e. The van der Waals surface area contributed by atoms with Crippen molar-refractivity contribution in [2.45, 2.75) is 4.90 Å². The van der Waals surface area contributed by atoms with E-state index in [0.717, 1.165) is 17.5 Å². The van der Waals surface area contributed by atoms with E-state index in [1.807, 2.05) is 24.3 Å². The molecule has 0 radical (unpaired) electrons. The van der Waals surface area contributed by atoms with Crippen molar-refractivity contribution in [2.24, 2.45) is 0 Å². The first-order valence-electron chi connectivity index (χ1n) is 8.58. The van der Waals surface area contributed by atoms with E-state index in [9.17, 15) is 18.5 Å². The summed E-state index contributed by atoms with van der Waals surface area (Å²) >= 11 is 0. The number of nitrogens with zero attached hydrogens (tertiary/aromatic N) is 3. The van der Waals surface area contributed by atoms with Crippen LogP contribution < -0.4 is 14.4 Å². The predicted molar refractivity (Wildman–Crippen MR) is 104 cm³/mol. The molecule has 0 N–H and O–H groups in total. The number of sulfonamides is 1. The molecule has 1 aliphatic heterocycles. The molecule has 0 atom stereocenters. The van der Waals surface area contributed by atoms with Crippen LogP contribution in [0.5, 0.6) is 11.5 Å². The van der Waals surface area contributed by atoms with E-state index in [0.29, 0.717) is 13.1 Å². The number of ether oxygens (including phenoxy) is 2. The molecule has 2 aromatic rings. The Morgan fingerprint density at radius 1 is 1.00 bits per heavy atom. The van der Waals surface area contributed by atoms with E-state index in [1.165, 1.54) is 23.5 Å². The fraction of sp³-hybridized carbons (Fsp3) is 0.333. The van der Waals surface area contributed by atoms with Gasteiger partial charge < -0.3 is 14.4 Å². The van der Waals surface area contributed by atoms with Crippen molar-refractivity contribution < 1.29 is 22.8 Å². The normalized spacial score (nSPS) is 15.3. The Hall–Kier alpha value is -2.85. The highest BCUT2D eigenvalue weighted by molar-refractivity contribution is 7.89. The van der Waals surface area contributed by atoms with Gasteiger partial charge in [0.05, 0.1) is 19.1 Å². The highest BCUT2D eigenvalue weighted by Gasteiger charge is 2.32. The summed E-state index contributed by atoms with van der Waals surface area (Å²) in [7, 11) is -0.999. The smallest absolute Gasteiger partial charge is 0.271 e. The van der Waals surface area contributed by atoms with Crippen molar-refractivity contribution in [1.29, 1.82) is 0 Å². The lowest BCUT2D eigenvalue weighted by Gasteiger charge is -2.35. The molecule has 0 aromatic heterocycles. The third-order valence-corrected chi connectivity index (χ3v) is 6.55. The Bertz CT molecular complexity index is 971. The van der Waals surface area contributed by atoms with Crippen LogP contribution >= 0.6 is 0 Å². The van der Waals surface area contributed by atoms with Crippen LogP contribution in [0.2, 0.25) is 0 Å². The quantitative estimate of drug-likeness (QED) is 0.534. The molecule has 0 bridgehead atoms. The summed E-state index contributed by atoms with van der Waals surface area (Å²) in [4.78, 5) is 12.3. The number of nitro groups is 1. The average molecular weight is 407 g/mol. The van der Waals surface area contributed by atoms with Crippen LogP contribution in [-0.2, 0) is 10.0 Å². The molecule has 1 heterocycles. The first-order chi connectivity index (χ1) is 13.4. The number of hydrogen-bond acceptors (Lipinski definition) is 7. The highest BCUT2D eigenvalue weighted by Crippen LogP contribution is 2.31. The minimum Gasteiger partial charge on any atom is -0.497 e. The number of anilines is 1. The summed E-state index contributed by atoms with van der Waals surface area (Å²) in [6.45, 7) is 1.49. The number of nitro benzene ring substituents is 1. The van der Waals surface area contributed by atoms with E-state index in [2.05, 4.69) is 4.90 Å². The Morgan fingerprint density at radius 2 is 1.71 bits per heavy atom. The molecule has 2 aromatic carbocycles. The van der Waals surface area contributed by atoms with Crippen molar-refractivity contribution >= 4 is 21.4 Å². The van der Waals surface area contributed by atoms with Crippen LogP contribution in [0.15, 0.2) is 47.4 Å². The van der Waals surface area contributed by atoms with Gasteiger partial charge in [0.2, 0.25) is 10.0 Å². The molecule has 0 spiro atoms. The maximum atomic E-state index is 13.1. The van der Waals surface area contributed by atoms with Crippen LogP contribution in [0.25, 0.3) is 0 Å². The summed E-state index contributed by atoms with van der Waals surface area (Å²) in [5, 5.41) is 11.0. The Morgan fingerprint density at radius 3 is 2.32 bits per heavy atom. The summed E-state index contributed by atoms with van der Waals surface area (Å²) in [6, 6.07) is 11.1. The monoisotopic (exact) mass is 407 g/mol. The third-order valence-electron chi connectivity index (χ3n) is 4.63. The molecule has 0 unspecified atom stereocenters. The van der Waals surface area contributed by atoms with Gasteiger partial charge >= 0.3 is 0 Å². The van der Waals surface area contributed by atoms with Crippen molar-refractivity contribution in [2.75, 3.05) is 45.3 Å². The maximum Gasteiger partial charge on any atom is 0.271 e. The molecule has 150 valence electrons. The fourth-order valence-electron chi connectivity index (χ4n) is 3.11. The maximum absolute atomic E-state index is 13.1. The summed E-state index contributed by atoms with van der Waals surface area (Å²) in [5.41, 5.74) is 0.652. The average Bonchev–Trinajstić information content (AvgIpc) is 2.73. The van der Waals surface area contributed by atoms with Gasteiger partial charge in [-0.15, -0.1) is 0 Å². The molecule has 10 heteroatoms. The van der Waals surface area contributed by atoms with Crippen LogP contribution in [0, 0.1) is 10.1 Å². The summed E-state index contributed by atoms with van der Waals surface area (Å²) in [5.74, 6) is 0.815. The van der Waals surface area contributed by atoms with E-state index >= 15 is 0 Å². The van der Waals surface area contributed by atoms with Gasteiger partial charge in [-0.25, -0.2) is 8.42 Å². The van der Waals surface area contributed by atoms with Gasteiger partial charge in [0.1, 0.15) is 16.4 Å². The minimum absolute atomic E-state index is 0.0841. The van der Waals surface area contributed by atoms with Crippen molar-refractivity contribution in [3.05, 3.63) is 52.6 Å². The highest BCUT2D eigenvalue weighted by atomic mass is 32.2. The number of non-ortho nitro benzene ring substituents is 1. The lowest BCUT2D eigenvalue weighted by atomic mass is 10.2. The first-order valence-corrected chi connectivity index (χ1v) is 10.0. The molecule has 0 aliphatic carbocycles. The topological polar surface area (TPSA) is 102 Å². The molecule has 1 saturated heterocycles. The second-order valence-corrected chi connectivity index (χ2v) is 8.09. The van der Waals surface area contributed by atoms with E-state index in [-0.39, 0.29) is 29.4 Å². The molecule has 28 heavy (non-hydrogen) atoms. The minimum atomic E-state index is -3.93. The zero-order valence-corrected chi connectivity index (χ0v) is 16.4. The SMILES string of the molecule is COc1cccc(N2CCN(S(=O)(=O)c3cc([N+](=O)[O-])ccc3OC)CC2)c1. The van der Waals surface area contributed by atoms with Gasteiger partial charge in [0, 0.05) is 50.1 Å². The second kappa shape index (κ2) is 8.03. The van der Waals surface area contributed by atoms with Crippen LogP contribution in [0.3, 0.4) is 0 Å². The number of rotatable bonds is 6. The molecule has 1 fully saturated rings. The van der Waals surface area contributed by atoms with E-state index in [4.69, 9.17) is 9.47 Å². The van der Waals surface area contributed by atoms with Gasteiger partial charge in [0.25, 0.3) is 5.69 Å². The zero-order valence-electron chi connectivity index (χ0n) is 15.6. The number of piperazine rings is 1. The summed E-state index contributed by atoms with van der Waals surface area (Å²) < 4.78 is 37.8. The molecule has 9 nitrogen and oxygen atoms in total. The van der Waals surface area contributed by atoms with Crippen LogP contribution in [-0.4, -0.2) is 58.0 Å². The molecule has 0 amide bonds. The van der Waals surface area contributed by atoms with Crippen molar-refractivity contribution in [3.8, 4) is 11.5 Å². The van der Waals surface area contributed by atoms with Crippen LogP contribution in [0.4, 0.5) is 11.4 Å². The Labute approximate surface area is 163 Å². The number of methoxy groups -OCH3 is 2. The summed E-state index contributed by atoms with van der Waals surface area (Å²) in [6.07, 6.45) is 0. The standard InChI is InChI=1S/C18H21N3O6S/c1-26-16-5-3-4-14(12-16)19-8-10-20(11-9-19)28(24,25)18-13-15(21(22)23)6-7-17(18)27-2/h3-7,12-13H,8-11H2,1-2H3. The van der Waals surface area contributed by atoms with Gasteiger partial charge in [0.15, 0.2) is 0 Å². The van der Waals surface area contributed by atoms with E-state index in [1.54, 1.807) is 7.11 Å². The molecule has 1 aliphatic rings. The number of hydrogen-bond donors (Lipinski definition) is 0. The molecule has 0 saturated carbocycles. The van der Waals surface area contributed by atoms with Gasteiger partial charge in [-0.1, -0.05) is 6.07 Å². The lowest BCUT2D eigenvalue weighted by Crippen LogP contribution is -2.48. The van der Waals surface area contributed by atoms with Crippen LogP contribution in [0.1, 0.15) is 0 Å². The zero-order chi connectivity index (χ0) is 20.3. The second-order valence-electron chi connectivity index (χ2n) is 6.18. The predicted octanol–water partition coefficient (Wildman–Crippen LogP) is 2.12. The molecule has 3 rings (SSSR count). The third kappa shape index (κ3) is 3.87. The van der Waals surface area contributed by atoms with Crippen molar-refractivity contribution in [3.63, 3.8) is 0 Å². The van der Waals surface area contributed by atoms with Gasteiger partial charge in [-0.3, -0.25) is 10.1 Å². The van der Waals surface area contributed by atoms with Gasteiger partial charge in [-0.05, 0) is 18.2 Å². The Kier molecular flexibility index (Phi) is 5.71. The molecular formula is C18H21N3O6S. The lowest BCUT2D eigenvalue weighted by molar-refractivity contribution is -0.385. The van der Waals surface area contributed by atoms with Crippen molar-refractivity contribution in [1.82, 2.24) is 4.31 Å². The number of benzene rings is 2. The fourth-order valence-corrected chi connectivity index (χ4v) is 4.71. The van der Waals surface area contributed by atoms with E-state index < -0.39 is 14.9 Å².